The Morgan fingerprint density at radius 1 is 0.966 bits per heavy atom. The maximum absolute atomic E-state index is 13.2. The van der Waals surface area contributed by atoms with E-state index < -0.39 is 10.0 Å². The van der Waals surface area contributed by atoms with Crippen molar-refractivity contribution >= 4 is 10.0 Å². The van der Waals surface area contributed by atoms with Crippen LogP contribution >= 0.6 is 0 Å². The van der Waals surface area contributed by atoms with Gasteiger partial charge < -0.3 is 4.52 Å². The molecule has 7 heteroatoms. The quantitative estimate of drug-likeness (QED) is 0.642. The van der Waals surface area contributed by atoms with Crippen LogP contribution in [0.3, 0.4) is 0 Å². The van der Waals surface area contributed by atoms with Crippen LogP contribution in [-0.2, 0) is 10.0 Å². The van der Waals surface area contributed by atoms with Crippen molar-refractivity contribution in [1.82, 2.24) is 14.4 Å². The molecule has 0 atom stereocenters. The number of piperidine rings is 1. The van der Waals surface area contributed by atoms with E-state index in [-0.39, 0.29) is 5.92 Å². The molecule has 1 aliphatic heterocycles. The van der Waals surface area contributed by atoms with Crippen molar-refractivity contribution in [2.45, 2.75) is 44.4 Å². The number of benzene rings is 2. The predicted octanol–water partition coefficient (Wildman–Crippen LogP) is 4.23. The lowest BCUT2D eigenvalue weighted by Gasteiger charge is -2.30. The third kappa shape index (κ3) is 3.84. The van der Waals surface area contributed by atoms with Crippen molar-refractivity contribution in [1.29, 1.82) is 0 Å². The molecule has 1 aromatic heterocycles. The Balaban J connectivity index is 1.48. The summed E-state index contributed by atoms with van der Waals surface area (Å²) in [6.07, 6.45) is 1.35. The van der Waals surface area contributed by atoms with Crippen LogP contribution in [0.2, 0.25) is 0 Å². The summed E-state index contributed by atoms with van der Waals surface area (Å²) in [5.74, 6) is 1.26. The lowest BCUT2D eigenvalue weighted by atomic mass is 9.97. The second-order valence-electron chi connectivity index (χ2n) is 7.70. The summed E-state index contributed by atoms with van der Waals surface area (Å²) in [7, 11) is -3.51. The molecule has 1 aliphatic rings. The molecule has 2 aromatic carbocycles. The molecule has 0 N–H and O–H groups in total. The lowest BCUT2D eigenvalue weighted by Crippen LogP contribution is -2.38. The largest absolute Gasteiger partial charge is 0.334 e. The molecule has 152 valence electrons. The average molecular weight is 412 g/mol. The van der Waals surface area contributed by atoms with E-state index in [2.05, 4.69) is 10.1 Å². The second kappa shape index (κ2) is 7.72. The third-order valence-corrected chi connectivity index (χ3v) is 7.73. The van der Waals surface area contributed by atoms with Gasteiger partial charge in [0.05, 0.1) is 4.90 Å². The zero-order chi connectivity index (χ0) is 20.6. The molecule has 0 saturated carbocycles. The SMILES string of the molecule is Cc1cc(C)c(S(=O)(=O)N2CCC(c3noc(-c4ccccc4)n3)CC2)cc1C. The van der Waals surface area contributed by atoms with Gasteiger partial charge in [0.1, 0.15) is 0 Å². The summed E-state index contributed by atoms with van der Waals surface area (Å²) in [6, 6.07) is 13.4. The summed E-state index contributed by atoms with van der Waals surface area (Å²) in [5, 5.41) is 4.14. The molecule has 0 aliphatic carbocycles. The number of aryl methyl sites for hydroxylation is 3. The van der Waals surface area contributed by atoms with Crippen LogP contribution in [0.4, 0.5) is 0 Å². The molecular weight excluding hydrogens is 386 g/mol. The molecule has 0 unspecified atom stereocenters. The standard InChI is InChI=1S/C22H25N3O3S/c1-15-13-17(3)20(14-16(15)2)29(26,27)25-11-9-18(10-12-25)21-23-22(28-24-21)19-7-5-4-6-8-19/h4-8,13-14,18H,9-12H2,1-3H3. The van der Waals surface area contributed by atoms with Gasteiger partial charge in [0.2, 0.25) is 10.0 Å². The van der Waals surface area contributed by atoms with Crippen LogP contribution in [0.25, 0.3) is 11.5 Å². The minimum absolute atomic E-state index is 0.100. The van der Waals surface area contributed by atoms with E-state index in [4.69, 9.17) is 4.52 Å². The van der Waals surface area contributed by atoms with Crippen molar-refractivity contribution in [2.75, 3.05) is 13.1 Å². The topological polar surface area (TPSA) is 76.3 Å². The first kappa shape index (κ1) is 19.8. The van der Waals surface area contributed by atoms with Crippen LogP contribution < -0.4 is 0 Å². The predicted molar refractivity (Wildman–Crippen MR) is 111 cm³/mol. The van der Waals surface area contributed by atoms with Gasteiger partial charge in [0.15, 0.2) is 5.82 Å². The zero-order valence-corrected chi connectivity index (χ0v) is 17.7. The number of sulfonamides is 1. The van der Waals surface area contributed by atoms with Gasteiger partial charge in [0.25, 0.3) is 5.89 Å². The molecule has 2 heterocycles. The second-order valence-corrected chi connectivity index (χ2v) is 9.61. The maximum atomic E-state index is 13.2. The van der Waals surface area contributed by atoms with Gasteiger partial charge in [-0.05, 0) is 68.5 Å². The lowest BCUT2D eigenvalue weighted by molar-refractivity contribution is 0.307. The summed E-state index contributed by atoms with van der Waals surface area (Å²) in [4.78, 5) is 4.95. The highest BCUT2D eigenvalue weighted by atomic mass is 32.2. The fourth-order valence-electron chi connectivity index (χ4n) is 3.80. The molecule has 0 spiro atoms. The normalized spacial score (nSPS) is 16.2. The number of hydrogen-bond donors (Lipinski definition) is 0. The first-order valence-corrected chi connectivity index (χ1v) is 11.3. The number of aromatic nitrogens is 2. The van der Waals surface area contributed by atoms with Gasteiger partial charge in [-0.15, -0.1) is 0 Å². The summed E-state index contributed by atoms with van der Waals surface area (Å²) >= 11 is 0. The molecule has 0 radical (unpaired) electrons. The molecule has 3 aromatic rings. The average Bonchev–Trinajstić information content (AvgIpc) is 3.22. The monoisotopic (exact) mass is 411 g/mol. The smallest absolute Gasteiger partial charge is 0.257 e. The van der Waals surface area contributed by atoms with Crippen molar-refractivity contribution in [3.8, 4) is 11.5 Å². The molecule has 0 amide bonds. The Labute approximate surface area is 171 Å². The maximum Gasteiger partial charge on any atom is 0.257 e. The first-order chi connectivity index (χ1) is 13.9. The van der Waals surface area contributed by atoms with Crippen molar-refractivity contribution < 1.29 is 12.9 Å². The molecule has 29 heavy (non-hydrogen) atoms. The molecule has 1 fully saturated rings. The minimum atomic E-state index is -3.51. The summed E-state index contributed by atoms with van der Waals surface area (Å²) in [5.41, 5.74) is 3.77. The summed E-state index contributed by atoms with van der Waals surface area (Å²) in [6.45, 7) is 6.71. The number of rotatable bonds is 4. The van der Waals surface area contributed by atoms with Gasteiger partial charge in [-0.25, -0.2) is 8.42 Å². The van der Waals surface area contributed by atoms with E-state index in [1.807, 2.05) is 57.2 Å². The van der Waals surface area contributed by atoms with Crippen LogP contribution in [0.5, 0.6) is 0 Å². The molecule has 6 nitrogen and oxygen atoms in total. The Bertz CT molecular complexity index is 1120. The highest BCUT2D eigenvalue weighted by molar-refractivity contribution is 7.89. The van der Waals surface area contributed by atoms with E-state index in [0.29, 0.717) is 42.5 Å². The highest BCUT2D eigenvalue weighted by Crippen LogP contribution is 2.32. The molecular formula is C22H25N3O3S. The van der Waals surface area contributed by atoms with E-state index in [0.717, 1.165) is 22.3 Å². The fourth-order valence-corrected chi connectivity index (χ4v) is 5.57. The van der Waals surface area contributed by atoms with Crippen LogP contribution in [-0.4, -0.2) is 36.0 Å². The van der Waals surface area contributed by atoms with E-state index in [1.165, 1.54) is 0 Å². The van der Waals surface area contributed by atoms with Crippen molar-refractivity contribution in [3.05, 3.63) is 65.0 Å². The minimum Gasteiger partial charge on any atom is -0.334 e. The van der Waals surface area contributed by atoms with Crippen molar-refractivity contribution in [3.63, 3.8) is 0 Å². The highest BCUT2D eigenvalue weighted by Gasteiger charge is 2.32. The van der Waals surface area contributed by atoms with E-state index >= 15 is 0 Å². The van der Waals surface area contributed by atoms with Gasteiger partial charge in [-0.3, -0.25) is 0 Å². The molecule has 4 rings (SSSR count). The Kier molecular flexibility index (Phi) is 5.27. The molecule has 1 saturated heterocycles. The fraction of sp³-hybridized carbons (Fsp3) is 0.364. The van der Waals surface area contributed by atoms with Crippen LogP contribution in [0.1, 0.15) is 41.3 Å². The van der Waals surface area contributed by atoms with Gasteiger partial charge in [0, 0.05) is 24.6 Å². The Morgan fingerprint density at radius 2 is 1.62 bits per heavy atom. The van der Waals surface area contributed by atoms with E-state index in [1.54, 1.807) is 10.4 Å². The van der Waals surface area contributed by atoms with Gasteiger partial charge in [-0.1, -0.05) is 29.4 Å². The number of nitrogens with zero attached hydrogens (tertiary/aromatic N) is 3. The zero-order valence-electron chi connectivity index (χ0n) is 16.9. The Hall–Kier alpha value is -2.51. The summed E-state index contributed by atoms with van der Waals surface area (Å²) < 4.78 is 33.4. The van der Waals surface area contributed by atoms with E-state index in [9.17, 15) is 8.42 Å². The third-order valence-electron chi connectivity index (χ3n) is 5.69. The Morgan fingerprint density at radius 3 is 2.31 bits per heavy atom. The van der Waals surface area contributed by atoms with Crippen LogP contribution in [0, 0.1) is 20.8 Å². The first-order valence-electron chi connectivity index (χ1n) is 9.83. The molecule has 0 bridgehead atoms. The number of hydrogen-bond acceptors (Lipinski definition) is 5. The van der Waals surface area contributed by atoms with Gasteiger partial charge in [-0.2, -0.15) is 9.29 Å². The van der Waals surface area contributed by atoms with Crippen molar-refractivity contribution in [2.24, 2.45) is 0 Å². The van der Waals surface area contributed by atoms with Crippen LogP contribution in [0.15, 0.2) is 51.9 Å². The van der Waals surface area contributed by atoms with Gasteiger partial charge >= 0.3 is 0 Å².